The largest absolute Gasteiger partial charge is 0.356 e. The van der Waals surface area contributed by atoms with Crippen molar-refractivity contribution in [2.75, 3.05) is 20.1 Å². The molecule has 2 rings (SSSR count). The molecule has 4 nitrogen and oxygen atoms in total. The van der Waals surface area contributed by atoms with E-state index in [0.717, 1.165) is 25.1 Å². The fourth-order valence-corrected chi connectivity index (χ4v) is 2.82. The fourth-order valence-electron chi connectivity index (χ4n) is 2.82. The fraction of sp³-hybridized carbons (Fsp3) is 0.381. The Morgan fingerprint density at radius 1 is 1.08 bits per heavy atom. The van der Waals surface area contributed by atoms with Crippen LogP contribution in [0.5, 0.6) is 0 Å². The zero-order chi connectivity index (χ0) is 18.1. The number of nitrogens with one attached hydrogen (secondary N) is 1. The smallest absolute Gasteiger partial charge is 0.224 e. The van der Waals surface area contributed by atoms with Crippen LogP contribution in [-0.4, -0.2) is 30.9 Å². The Labute approximate surface area is 151 Å². The summed E-state index contributed by atoms with van der Waals surface area (Å²) >= 11 is 0. The molecular weight excluding hydrogens is 310 g/mol. The van der Waals surface area contributed by atoms with Gasteiger partial charge >= 0.3 is 0 Å². The molecule has 1 amide bonds. The average Bonchev–Trinajstić information content (AvgIpc) is 2.65. The molecule has 0 aliphatic heterocycles. The van der Waals surface area contributed by atoms with Crippen LogP contribution in [0.15, 0.2) is 60.7 Å². The molecule has 0 aliphatic rings. The molecule has 0 bridgehead atoms. The molecule has 0 heterocycles. The van der Waals surface area contributed by atoms with Crippen molar-refractivity contribution in [3.05, 3.63) is 71.8 Å². The predicted octanol–water partition coefficient (Wildman–Crippen LogP) is 2.96. The van der Waals surface area contributed by atoms with Gasteiger partial charge in [-0.2, -0.15) is 0 Å². The highest BCUT2D eigenvalue weighted by atomic mass is 16.1. The Bertz CT molecular complexity index is 630. The van der Waals surface area contributed by atoms with Gasteiger partial charge < -0.3 is 16.0 Å². The van der Waals surface area contributed by atoms with Gasteiger partial charge in [-0.3, -0.25) is 4.79 Å². The minimum Gasteiger partial charge on any atom is -0.356 e. The molecule has 0 saturated carbocycles. The zero-order valence-corrected chi connectivity index (χ0v) is 15.2. The van der Waals surface area contributed by atoms with E-state index in [-0.39, 0.29) is 17.9 Å². The molecule has 0 spiro atoms. The lowest BCUT2D eigenvalue weighted by molar-refractivity contribution is -0.125. The van der Waals surface area contributed by atoms with Gasteiger partial charge in [0.15, 0.2) is 0 Å². The number of hydrogen-bond acceptors (Lipinski definition) is 3. The second kappa shape index (κ2) is 9.97. The number of carbonyl (C=O) groups is 1. The Hall–Kier alpha value is -2.17. The number of rotatable bonds is 9. The topological polar surface area (TPSA) is 58.4 Å². The third kappa shape index (κ3) is 6.33. The summed E-state index contributed by atoms with van der Waals surface area (Å²) < 4.78 is 0. The maximum atomic E-state index is 12.3. The van der Waals surface area contributed by atoms with Gasteiger partial charge in [0, 0.05) is 19.1 Å². The quantitative estimate of drug-likeness (QED) is 0.691. The van der Waals surface area contributed by atoms with Crippen LogP contribution in [0.1, 0.15) is 30.5 Å². The summed E-state index contributed by atoms with van der Waals surface area (Å²) in [5.74, 6) is -0.230. The molecule has 0 aliphatic carbocycles. The maximum Gasteiger partial charge on any atom is 0.224 e. The number of nitrogens with two attached hydrogens (primary N) is 1. The van der Waals surface area contributed by atoms with Crippen LogP contribution in [-0.2, 0) is 11.3 Å². The zero-order valence-electron chi connectivity index (χ0n) is 15.2. The van der Waals surface area contributed by atoms with Gasteiger partial charge in [-0.05, 0) is 31.1 Å². The molecule has 0 saturated heterocycles. The first-order chi connectivity index (χ1) is 12.1. The molecule has 0 fully saturated rings. The Balaban J connectivity index is 1.67. The molecule has 25 heavy (non-hydrogen) atoms. The van der Waals surface area contributed by atoms with Crippen LogP contribution in [0.25, 0.3) is 0 Å². The number of carbonyl (C=O) groups excluding carboxylic acids is 1. The van der Waals surface area contributed by atoms with Crippen LogP contribution >= 0.6 is 0 Å². The molecule has 2 atom stereocenters. The maximum absolute atomic E-state index is 12.3. The summed E-state index contributed by atoms with van der Waals surface area (Å²) in [7, 11) is 2.10. The SMILES string of the molecule is CC(C(=O)NCCCN(C)Cc1ccccc1)C(N)c1ccccc1. The Morgan fingerprint density at radius 3 is 2.32 bits per heavy atom. The minimum atomic E-state index is -0.276. The van der Waals surface area contributed by atoms with Gasteiger partial charge in [-0.1, -0.05) is 67.6 Å². The number of benzene rings is 2. The van der Waals surface area contributed by atoms with Crippen LogP contribution < -0.4 is 11.1 Å². The van der Waals surface area contributed by atoms with Crippen molar-refractivity contribution in [3.8, 4) is 0 Å². The van der Waals surface area contributed by atoms with Crippen molar-refractivity contribution >= 4 is 5.91 Å². The van der Waals surface area contributed by atoms with Crippen LogP contribution in [0, 0.1) is 5.92 Å². The van der Waals surface area contributed by atoms with E-state index in [0.29, 0.717) is 6.54 Å². The van der Waals surface area contributed by atoms with Crippen molar-refractivity contribution in [2.45, 2.75) is 25.9 Å². The van der Waals surface area contributed by atoms with Gasteiger partial charge in [0.1, 0.15) is 0 Å². The van der Waals surface area contributed by atoms with Crippen LogP contribution in [0.4, 0.5) is 0 Å². The van der Waals surface area contributed by atoms with Crippen molar-refractivity contribution in [1.29, 1.82) is 0 Å². The Kier molecular flexibility index (Phi) is 7.64. The van der Waals surface area contributed by atoms with Crippen molar-refractivity contribution < 1.29 is 4.79 Å². The molecule has 0 aromatic heterocycles. The standard InChI is InChI=1S/C21H29N3O/c1-17(20(22)19-12-7-4-8-13-19)21(25)23-14-9-15-24(2)16-18-10-5-3-6-11-18/h3-8,10-13,17,20H,9,14-16,22H2,1-2H3,(H,23,25). The van der Waals surface area contributed by atoms with Gasteiger partial charge in [0.2, 0.25) is 5.91 Å². The molecule has 134 valence electrons. The van der Waals surface area contributed by atoms with Crippen molar-refractivity contribution in [3.63, 3.8) is 0 Å². The highest BCUT2D eigenvalue weighted by molar-refractivity contribution is 5.79. The molecule has 3 N–H and O–H groups in total. The first kappa shape index (κ1) is 19.2. The molecule has 2 unspecified atom stereocenters. The molecule has 2 aromatic rings. The second-order valence-corrected chi connectivity index (χ2v) is 6.59. The van der Waals surface area contributed by atoms with Gasteiger partial charge in [0.05, 0.1) is 5.92 Å². The van der Waals surface area contributed by atoms with Crippen molar-refractivity contribution in [1.82, 2.24) is 10.2 Å². The summed E-state index contributed by atoms with van der Waals surface area (Å²) in [6.07, 6.45) is 0.919. The molecule has 4 heteroatoms. The third-order valence-corrected chi connectivity index (χ3v) is 4.45. The van der Waals surface area contributed by atoms with E-state index in [1.807, 2.05) is 43.3 Å². The first-order valence-corrected chi connectivity index (χ1v) is 8.88. The summed E-state index contributed by atoms with van der Waals surface area (Å²) in [6.45, 7) is 4.41. The number of amides is 1. The highest BCUT2D eigenvalue weighted by Gasteiger charge is 2.21. The lowest BCUT2D eigenvalue weighted by Crippen LogP contribution is -2.36. The van der Waals surface area contributed by atoms with E-state index in [1.165, 1.54) is 5.56 Å². The first-order valence-electron chi connectivity index (χ1n) is 8.88. The molecular formula is C21H29N3O. The van der Waals surface area contributed by atoms with E-state index in [9.17, 15) is 4.79 Å². The summed E-state index contributed by atoms with van der Waals surface area (Å²) in [4.78, 5) is 14.6. The number of hydrogen-bond donors (Lipinski definition) is 2. The summed E-state index contributed by atoms with van der Waals surface area (Å²) in [6, 6.07) is 19.9. The van der Waals surface area contributed by atoms with E-state index < -0.39 is 0 Å². The monoisotopic (exact) mass is 339 g/mol. The van der Waals surface area contributed by atoms with Crippen LogP contribution in [0.2, 0.25) is 0 Å². The van der Waals surface area contributed by atoms with E-state index >= 15 is 0 Å². The lowest BCUT2D eigenvalue weighted by Gasteiger charge is -2.20. The predicted molar refractivity (Wildman–Crippen MR) is 103 cm³/mol. The summed E-state index contributed by atoms with van der Waals surface area (Å²) in [5.41, 5.74) is 8.50. The van der Waals surface area contributed by atoms with Gasteiger partial charge in [-0.15, -0.1) is 0 Å². The third-order valence-electron chi connectivity index (χ3n) is 4.45. The average molecular weight is 339 g/mol. The van der Waals surface area contributed by atoms with Gasteiger partial charge in [-0.25, -0.2) is 0 Å². The van der Waals surface area contributed by atoms with E-state index in [4.69, 9.17) is 5.73 Å². The second-order valence-electron chi connectivity index (χ2n) is 6.59. The highest BCUT2D eigenvalue weighted by Crippen LogP contribution is 2.18. The summed E-state index contributed by atoms with van der Waals surface area (Å²) in [5, 5.41) is 3.01. The molecule has 0 radical (unpaired) electrons. The normalized spacial score (nSPS) is 13.4. The van der Waals surface area contributed by atoms with E-state index in [1.54, 1.807) is 0 Å². The van der Waals surface area contributed by atoms with Gasteiger partial charge in [0.25, 0.3) is 0 Å². The Morgan fingerprint density at radius 2 is 1.68 bits per heavy atom. The van der Waals surface area contributed by atoms with E-state index in [2.05, 4.69) is 41.5 Å². The minimum absolute atomic E-state index is 0.0158. The lowest BCUT2D eigenvalue weighted by atomic mass is 9.95. The van der Waals surface area contributed by atoms with Crippen LogP contribution in [0.3, 0.4) is 0 Å². The molecule has 2 aromatic carbocycles. The number of nitrogens with zero attached hydrogens (tertiary/aromatic N) is 1. The van der Waals surface area contributed by atoms with Crippen molar-refractivity contribution in [2.24, 2.45) is 11.7 Å².